The SMILES string of the molecule is C=CS(=O)(=O)COC(=O)ON1C(=O)CCC1=O. The Morgan fingerprint density at radius 2 is 1.88 bits per heavy atom. The van der Waals surface area contributed by atoms with Gasteiger partial charge in [0.05, 0.1) is 0 Å². The van der Waals surface area contributed by atoms with Gasteiger partial charge in [0.25, 0.3) is 11.8 Å². The molecule has 9 heteroatoms. The summed E-state index contributed by atoms with van der Waals surface area (Å²) in [7, 11) is -3.72. The molecule has 94 valence electrons. The van der Waals surface area contributed by atoms with Crippen LogP contribution in [-0.4, -0.2) is 37.4 Å². The number of amides is 2. The van der Waals surface area contributed by atoms with Crippen molar-refractivity contribution in [2.24, 2.45) is 0 Å². The van der Waals surface area contributed by atoms with Crippen molar-refractivity contribution in [3.8, 4) is 0 Å². The topological polar surface area (TPSA) is 107 Å². The summed E-state index contributed by atoms with van der Waals surface area (Å²) in [5.41, 5.74) is 0. The molecule has 1 saturated heterocycles. The van der Waals surface area contributed by atoms with E-state index in [4.69, 9.17) is 0 Å². The maximum Gasteiger partial charge on any atom is 0.535 e. The van der Waals surface area contributed by atoms with E-state index < -0.39 is 33.7 Å². The minimum Gasteiger partial charge on any atom is -0.416 e. The first kappa shape index (κ1) is 13.2. The van der Waals surface area contributed by atoms with Crippen molar-refractivity contribution in [3.63, 3.8) is 0 Å². The molecule has 0 radical (unpaired) electrons. The lowest BCUT2D eigenvalue weighted by Gasteiger charge is -2.11. The van der Waals surface area contributed by atoms with Crippen molar-refractivity contribution in [1.29, 1.82) is 0 Å². The zero-order valence-corrected chi connectivity index (χ0v) is 9.44. The summed E-state index contributed by atoms with van der Waals surface area (Å²) in [5, 5.41) is 0.856. The first-order valence-corrected chi connectivity index (χ1v) is 6.13. The molecule has 0 aromatic rings. The van der Waals surface area contributed by atoms with Crippen LogP contribution >= 0.6 is 0 Å². The highest BCUT2D eigenvalue weighted by Gasteiger charge is 2.33. The van der Waals surface area contributed by atoms with Crippen LogP contribution in [0.25, 0.3) is 0 Å². The second-order valence-electron chi connectivity index (χ2n) is 3.01. The number of nitrogens with zero attached hydrogens (tertiary/aromatic N) is 1. The Kier molecular flexibility index (Phi) is 3.84. The molecule has 0 aromatic carbocycles. The van der Waals surface area contributed by atoms with Gasteiger partial charge in [-0.15, -0.1) is 0 Å². The molecule has 0 aliphatic carbocycles. The van der Waals surface area contributed by atoms with Gasteiger partial charge in [0.2, 0.25) is 9.84 Å². The monoisotopic (exact) mass is 263 g/mol. The van der Waals surface area contributed by atoms with Crippen LogP contribution in [0.1, 0.15) is 12.8 Å². The lowest BCUT2D eigenvalue weighted by Crippen LogP contribution is -2.32. The second kappa shape index (κ2) is 4.95. The maximum atomic E-state index is 11.0. The van der Waals surface area contributed by atoms with Crippen molar-refractivity contribution >= 4 is 27.8 Å². The highest BCUT2D eigenvalue weighted by Crippen LogP contribution is 2.12. The van der Waals surface area contributed by atoms with Gasteiger partial charge < -0.3 is 4.74 Å². The largest absolute Gasteiger partial charge is 0.535 e. The quantitative estimate of drug-likeness (QED) is 0.507. The zero-order valence-electron chi connectivity index (χ0n) is 8.62. The minimum atomic E-state index is -3.72. The molecule has 0 N–H and O–H groups in total. The van der Waals surface area contributed by atoms with E-state index in [0.717, 1.165) is 0 Å². The molecule has 1 heterocycles. The van der Waals surface area contributed by atoms with E-state index in [-0.39, 0.29) is 17.9 Å². The average molecular weight is 263 g/mol. The van der Waals surface area contributed by atoms with E-state index in [1.807, 2.05) is 0 Å². The van der Waals surface area contributed by atoms with Gasteiger partial charge in [-0.1, -0.05) is 11.6 Å². The number of carbonyl (C=O) groups excluding carboxylic acids is 3. The lowest BCUT2D eigenvalue weighted by molar-refractivity contribution is -0.176. The van der Waals surface area contributed by atoms with Crippen LogP contribution in [0.2, 0.25) is 0 Å². The summed E-state index contributed by atoms with van der Waals surface area (Å²) in [6, 6.07) is 0. The molecule has 1 fully saturated rings. The lowest BCUT2D eigenvalue weighted by atomic mass is 10.4. The van der Waals surface area contributed by atoms with Gasteiger partial charge in [0.15, 0.2) is 5.94 Å². The number of carbonyl (C=O) groups is 3. The number of hydrogen-bond acceptors (Lipinski definition) is 7. The fourth-order valence-corrected chi connectivity index (χ4v) is 1.29. The molecular formula is C8H9NO7S. The molecule has 2 amide bonds. The van der Waals surface area contributed by atoms with E-state index in [0.29, 0.717) is 5.41 Å². The van der Waals surface area contributed by atoms with E-state index in [1.165, 1.54) is 0 Å². The van der Waals surface area contributed by atoms with Crippen molar-refractivity contribution < 1.29 is 32.4 Å². The molecule has 0 spiro atoms. The summed E-state index contributed by atoms with van der Waals surface area (Å²) >= 11 is 0. The third-order valence-corrected chi connectivity index (χ3v) is 2.72. The van der Waals surface area contributed by atoms with Crippen molar-refractivity contribution in [2.75, 3.05) is 5.94 Å². The van der Waals surface area contributed by atoms with Gasteiger partial charge in [0, 0.05) is 18.2 Å². The molecule has 1 aliphatic rings. The highest BCUT2D eigenvalue weighted by atomic mass is 32.2. The third-order valence-electron chi connectivity index (χ3n) is 1.77. The van der Waals surface area contributed by atoms with Gasteiger partial charge in [0.1, 0.15) is 0 Å². The Labute approximate surface area is 96.6 Å². The average Bonchev–Trinajstić information content (AvgIpc) is 2.58. The molecule has 0 atom stereocenters. The van der Waals surface area contributed by atoms with Gasteiger partial charge >= 0.3 is 6.16 Å². The Morgan fingerprint density at radius 1 is 1.35 bits per heavy atom. The Morgan fingerprint density at radius 3 is 2.35 bits per heavy atom. The first-order valence-electron chi connectivity index (χ1n) is 4.41. The van der Waals surface area contributed by atoms with Crippen LogP contribution in [0.5, 0.6) is 0 Å². The normalized spacial score (nSPS) is 15.9. The molecular weight excluding hydrogens is 254 g/mol. The van der Waals surface area contributed by atoms with Crippen molar-refractivity contribution in [1.82, 2.24) is 5.06 Å². The molecule has 0 unspecified atom stereocenters. The van der Waals surface area contributed by atoms with Gasteiger partial charge in [-0.05, 0) is 0 Å². The highest BCUT2D eigenvalue weighted by molar-refractivity contribution is 7.94. The van der Waals surface area contributed by atoms with Crippen LogP contribution < -0.4 is 0 Å². The number of hydrogen-bond donors (Lipinski definition) is 0. The number of sulfone groups is 1. The van der Waals surface area contributed by atoms with Gasteiger partial charge in [-0.25, -0.2) is 13.2 Å². The van der Waals surface area contributed by atoms with Gasteiger partial charge in [-0.2, -0.15) is 0 Å². The molecule has 17 heavy (non-hydrogen) atoms. The molecule has 8 nitrogen and oxygen atoms in total. The standard InChI is InChI=1S/C8H9NO7S/c1-2-17(13,14)5-15-8(12)16-9-6(10)3-4-7(9)11/h2H,1,3-5H2. The molecule has 0 saturated carbocycles. The maximum absolute atomic E-state index is 11.0. The number of ether oxygens (including phenoxy) is 1. The summed E-state index contributed by atoms with van der Waals surface area (Å²) in [5.74, 6) is -2.33. The summed E-state index contributed by atoms with van der Waals surface area (Å²) < 4.78 is 25.9. The van der Waals surface area contributed by atoms with Crippen LogP contribution in [0, 0.1) is 0 Å². The molecule has 0 aromatic heterocycles. The van der Waals surface area contributed by atoms with Crippen LogP contribution in [0.15, 0.2) is 12.0 Å². The Hall–Kier alpha value is -1.90. The molecule has 0 bridgehead atoms. The number of imide groups is 1. The Bertz CT molecular complexity index is 450. The number of hydroxylamine groups is 2. The van der Waals surface area contributed by atoms with E-state index in [1.54, 1.807) is 0 Å². The molecule has 1 aliphatic heterocycles. The third kappa shape index (κ3) is 3.55. The zero-order chi connectivity index (χ0) is 13.1. The van der Waals surface area contributed by atoms with E-state index in [2.05, 4.69) is 16.2 Å². The molecule has 1 rings (SSSR count). The van der Waals surface area contributed by atoms with Crippen LogP contribution in [-0.2, 0) is 29.0 Å². The number of rotatable bonds is 4. The van der Waals surface area contributed by atoms with Crippen LogP contribution in [0.4, 0.5) is 4.79 Å². The van der Waals surface area contributed by atoms with Crippen molar-refractivity contribution in [3.05, 3.63) is 12.0 Å². The predicted octanol–water partition coefficient (Wildman–Crippen LogP) is -0.281. The van der Waals surface area contributed by atoms with Crippen LogP contribution in [0.3, 0.4) is 0 Å². The Balaban J connectivity index is 2.48. The smallest absolute Gasteiger partial charge is 0.416 e. The summed E-state index contributed by atoms with van der Waals surface area (Å²) in [6.45, 7) is 3.00. The summed E-state index contributed by atoms with van der Waals surface area (Å²) in [4.78, 5) is 37.2. The predicted molar refractivity (Wildman–Crippen MR) is 52.6 cm³/mol. The van der Waals surface area contributed by atoms with E-state index >= 15 is 0 Å². The first-order chi connectivity index (χ1) is 7.85. The van der Waals surface area contributed by atoms with Crippen molar-refractivity contribution in [2.45, 2.75) is 12.8 Å². The fraction of sp³-hybridized carbons (Fsp3) is 0.375. The fourth-order valence-electron chi connectivity index (χ4n) is 0.937. The minimum absolute atomic E-state index is 0.0585. The summed E-state index contributed by atoms with van der Waals surface area (Å²) in [6.07, 6.45) is -1.56. The van der Waals surface area contributed by atoms with Gasteiger partial charge in [-0.3, -0.25) is 14.4 Å². The second-order valence-corrected chi connectivity index (χ2v) is 4.91. The van der Waals surface area contributed by atoms with E-state index in [9.17, 15) is 22.8 Å².